The van der Waals surface area contributed by atoms with Gasteiger partial charge in [0.15, 0.2) is 12.3 Å². The molecule has 14 heteroatoms. The van der Waals surface area contributed by atoms with E-state index >= 15 is 0 Å². The topological polar surface area (TPSA) is 133 Å². The number of carboxylic acids is 1. The Morgan fingerprint density at radius 1 is 0.952 bits per heavy atom. The second-order valence-electron chi connectivity index (χ2n) is 15.6. The van der Waals surface area contributed by atoms with E-state index in [0.717, 1.165) is 80.4 Å². The van der Waals surface area contributed by atoms with Gasteiger partial charge in [-0.1, -0.05) is 96.6 Å². The van der Waals surface area contributed by atoms with Gasteiger partial charge in [0.25, 0.3) is 15.1 Å². The number of aromatic nitrogens is 1. The molecule has 0 radical (unpaired) electrons. The average molecular weight is 907 g/mol. The Balaban J connectivity index is 0.931. The molecule has 1 unspecified atom stereocenters. The maximum atomic E-state index is 12.2. The normalized spacial score (nSPS) is 15.7. The number of halogens is 1. The lowest BCUT2D eigenvalue weighted by atomic mass is 9.93. The minimum atomic E-state index is -4.13. The van der Waals surface area contributed by atoms with E-state index in [9.17, 15) is 22.9 Å². The van der Waals surface area contributed by atoms with Gasteiger partial charge < -0.3 is 24.4 Å². The van der Waals surface area contributed by atoms with Crippen molar-refractivity contribution in [1.82, 2.24) is 5.32 Å². The van der Waals surface area contributed by atoms with Crippen LogP contribution < -0.4 is 29.2 Å². The van der Waals surface area contributed by atoms with Crippen LogP contribution in [0.3, 0.4) is 0 Å². The van der Waals surface area contributed by atoms with E-state index in [1.165, 1.54) is 0 Å². The monoisotopic (exact) mass is 905 g/mol. The highest BCUT2D eigenvalue weighted by Gasteiger charge is 2.32. The fourth-order valence-electron chi connectivity index (χ4n) is 8.12. The van der Waals surface area contributed by atoms with E-state index in [1.54, 1.807) is 11.3 Å². The minimum Gasteiger partial charge on any atom is -0.480 e. The summed E-state index contributed by atoms with van der Waals surface area (Å²) in [5, 5.41) is 15.2. The van der Waals surface area contributed by atoms with Gasteiger partial charge in [0, 0.05) is 60.9 Å². The first kappa shape index (κ1) is 43.9. The molecule has 0 spiro atoms. The Morgan fingerprint density at radius 3 is 2.56 bits per heavy atom. The van der Waals surface area contributed by atoms with Crippen molar-refractivity contribution < 1.29 is 36.9 Å². The molecule has 11 nitrogen and oxygen atoms in total. The largest absolute Gasteiger partial charge is 0.480 e. The van der Waals surface area contributed by atoms with Gasteiger partial charge in [0.2, 0.25) is 11.4 Å². The molecule has 2 aliphatic heterocycles. The molecule has 0 amide bonds. The average Bonchev–Trinajstić information content (AvgIpc) is 3.80. The van der Waals surface area contributed by atoms with Crippen molar-refractivity contribution in [2.45, 2.75) is 58.2 Å². The summed E-state index contributed by atoms with van der Waals surface area (Å²) in [6.45, 7) is 4.77. The lowest BCUT2D eigenvalue weighted by Crippen LogP contribution is -2.45. The number of hydrogen-bond donors (Lipinski definition) is 3. The number of unbranched alkanes of at least 4 members (excludes halogenated alkanes) is 1. The van der Waals surface area contributed by atoms with Gasteiger partial charge in [0.05, 0.1) is 11.4 Å². The SMILES string of the molecule is CCC(/C=C1\Oc2ccc(-c3ccccc3)cc2N1CCCS(=O)(=O)O)=C\c1sc2ccc(Cl)cc2[n+]1CCCCNCOc1cccc(N2Cc3ccccc3CC2C(=O)O)c1. The molecule has 3 N–H and O–H groups in total. The van der Waals surface area contributed by atoms with Crippen molar-refractivity contribution >= 4 is 66.7 Å². The molecule has 6 aromatic rings. The van der Waals surface area contributed by atoms with Crippen LogP contribution in [-0.4, -0.2) is 55.7 Å². The smallest absolute Gasteiger partial charge is 0.326 e. The number of nitrogens with one attached hydrogen (secondary N) is 1. The highest BCUT2D eigenvalue weighted by molar-refractivity contribution is 7.85. The molecular weight excluding hydrogens is 856 g/mol. The molecule has 63 heavy (non-hydrogen) atoms. The van der Waals surface area contributed by atoms with Crippen molar-refractivity contribution in [3.8, 4) is 22.6 Å². The van der Waals surface area contributed by atoms with Crippen LogP contribution in [0.5, 0.6) is 11.5 Å². The maximum Gasteiger partial charge on any atom is 0.326 e. The molecule has 0 fully saturated rings. The molecule has 2 aliphatic rings. The van der Waals surface area contributed by atoms with Crippen molar-refractivity contribution in [1.29, 1.82) is 0 Å². The number of rotatable bonds is 18. The number of allylic oxidation sites excluding steroid dienone is 2. The number of hydrogen-bond acceptors (Lipinski definition) is 9. The third kappa shape index (κ3) is 10.7. The number of aliphatic carboxylic acids is 1. The van der Waals surface area contributed by atoms with Crippen molar-refractivity contribution in [2.24, 2.45) is 0 Å². The number of nitrogens with zero attached hydrogens (tertiary/aromatic N) is 3. The van der Waals surface area contributed by atoms with Gasteiger partial charge in [-0.3, -0.25) is 9.87 Å². The van der Waals surface area contributed by atoms with E-state index in [4.69, 9.17) is 21.1 Å². The molecule has 0 saturated heterocycles. The summed E-state index contributed by atoms with van der Waals surface area (Å²) in [7, 11) is -4.13. The molecule has 5 aromatic carbocycles. The Hall–Kier alpha value is -5.70. The summed E-state index contributed by atoms with van der Waals surface area (Å²) in [4.78, 5) is 16.2. The number of carboxylic acid groups (broad SMARTS) is 1. The molecule has 0 aliphatic carbocycles. The zero-order valence-corrected chi connectivity index (χ0v) is 37.3. The first-order valence-electron chi connectivity index (χ1n) is 21.2. The maximum absolute atomic E-state index is 12.2. The number of benzene rings is 5. The second kappa shape index (κ2) is 19.8. The fourth-order valence-corrected chi connectivity index (χ4v) is 9.93. The molecule has 326 valence electrons. The highest BCUT2D eigenvalue weighted by atomic mass is 35.5. The van der Waals surface area contributed by atoms with Crippen LogP contribution in [-0.2, 0) is 34.4 Å². The third-order valence-corrected chi connectivity index (χ3v) is 13.5. The van der Waals surface area contributed by atoms with Gasteiger partial charge >= 0.3 is 5.97 Å². The van der Waals surface area contributed by atoms with Crippen LogP contribution in [0.15, 0.2) is 133 Å². The van der Waals surface area contributed by atoms with Crippen LogP contribution in [0.4, 0.5) is 11.4 Å². The molecule has 1 aromatic heterocycles. The highest BCUT2D eigenvalue weighted by Crippen LogP contribution is 2.42. The van der Waals surface area contributed by atoms with Crippen LogP contribution in [0, 0.1) is 0 Å². The zero-order chi connectivity index (χ0) is 43.9. The Kier molecular flexibility index (Phi) is 13.8. The van der Waals surface area contributed by atoms with E-state index < -0.39 is 22.1 Å². The van der Waals surface area contributed by atoms with E-state index in [0.29, 0.717) is 55.1 Å². The molecule has 0 bridgehead atoms. The van der Waals surface area contributed by atoms with Crippen molar-refractivity contribution in [2.75, 3.05) is 35.4 Å². The number of fused-ring (bicyclic) bond motifs is 3. The molecular formula is C49H50ClN4O7S2+. The predicted molar refractivity (Wildman–Crippen MR) is 251 cm³/mol. The fraction of sp³-hybridized carbons (Fsp3) is 0.265. The lowest BCUT2D eigenvalue weighted by Gasteiger charge is -2.36. The first-order valence-corrected chi connectivity index (χ1v) is 24.0. The number of anilines is 2. The number of carbonyl (C=O) groups is 1. The summed E-state index contributed by atoms with van der Waals surface area (Å²) in [6.07, 6.45) is 7.37. The number of ether oxygens (including phenoxy) is 2. The number of aryl methyl sites for hydroxylation is 1. The van der Waals surface area contributed by atoms with Crippen LogP contribution in [0.25, 0.3) is 27.4 Å². The third-order valence-electron chi connectivity index (χ3n) is 11.3. The standard InChI is InChI=1S/C49H49ClN4O7S2/c1-2-34(26-47-52(24-11-25-63(57,58)59)42-28-37(18-20-45(42)61-47)35-12-4-3-5-13-35)27-48-53(43-30-39(50)19-21-46(43)62-48)23-9-8-22-51-33-60-41-17-10-16-40(31-41)54-32-38-15-7-6-14-36(38)29-44(54)49(55)56/h3-7,10,12-21,26-28,30-31,44,51H,2,8-9,11,22-25,29,32-33H2,1H3,(H-,55,56,57,58,59)/p+1. The van der Waals surface area contributed by atoms with Gasteiger partial charge in [-0.25, -0.2) is 4.79 Å². The second-order valence-corrected chi connectivity index (χ2v) is 18.7. The van der Waals surface area contributed by atoms with Crippen molar-refractivity contribution in [3.05, 3.63) is 154 Å². The quantitative estimate of drug-likeness (QED) is 0.0332. The van der Waals surface area contributed by atoms with Gasteiger partial charge in [-0.2, -0.15) is 13.0 Å². The zero-order valence-electron chi connectivity index (χ0n) is 35.0. The minimum absolute atomic E-state index is 0.217. The molecule has 8 rings (SSSR count). The summed E-state index contributed by atoms with van der Waals surface area (Å²) in [5.74, 6) is 0.746. The lowest BCUT2D eigenvalue weighted by molar-refractivity contribution is -0.669. The van der Waals surface area contributed by atoms with Gasteiger partial charge in [-0.15, -0.1) is 0 Å². The van der Waals surface area contributed by atoms with Crippen molar-refractivity contribution in [3.63, 3.8) is 0 Å². The van der Waals surface area contributed by atoms with Crippen LogP contribution in [0.1, 0.15) is 48.7 Å². The molecule has 3 heterocycles. The van der Waals surface area contributed by atoms with Gasteiger partial charge in [-0.05, 0) is 90.0 Å². The Bertz CT molecular complexity index is 2780. The molecule has 1 atom stereocenters. The Labute approximate surface area is 377 Å². The summed E-state index contributed by atoms with van der Waals surface area (Å²) < 4.78 is 48.8. The number of thiazole rings is 1. The van der Waals surface area contributed by atoms with E-state index in [-0.39, 0.29) is 12.2 Å². The van der Waals surface area contributed by atoms with E-state index in [1.807, 2.05) is 113 Å². The van der Waals surface area contributed by atoms with E-state index in [2.05, 4.69) is 41.1 Å². The summed E-state index contributed by atoms with van der Waals surface area (Å²) >= 11 is 8.22. The predicted octanol–water partition coefficient (Wildman–Crippen LogP) is 9.74. The van der Waals surface area contributed by atoms with Gasteiger partial charge in [0.1, 0.15) is 23.2 Å². The first-order chi connectivity index (χ1) is 30.5. The Morgan fingerprint density at radius 2 is 1.76 bits per heavy atom. The molecule has 0 saturated carbocycles. The summed E-state index contributed by atoms with van der Waals surface area (Å²) in [5.41, 5.74) is 8.02. The van der Waals surface area contributed by atoms with Crippen LogP contribution in [0.2, 0.25) is 5.02 Å². The van der Waals surface area contributed by atoms with Crippen LogP contribution >= 0.6 is 22.9 Å². The summed E-state index contributed by atoms with van der Waals surface area (Å²) in [6, 6.07) is 37.0.